The summed E-state index contributed by atoms with van der Waals surface area (Å²) in [7, 11) is 0. The Morgan fingerprint density at radius 2 is 2.10 bits per heavy atom. The first-order valence-electron chi connectivity index (χ1n) is 6.61. The number of anilines is 2. The summed E-state index contributed by atoms with van der Waals surface area (Å²) in [6.45, 7) is 5.52. The van der Waals surface area contributed by atoms with Gasteiger partial charge in [-0.05, 0) is 44.2 Å². The van der Waals surface area contributed by atoms with Crippen LogP contribution in [0.2, 0.25) is 0 Å². The van der Waals surface area contributed by atoms with Crippen molar-refractivity contribution in [1.82, 2.24) is 4.98 Å². The van der Waals surface area contributed by atoms with E-state index in [9.17, 15) is 0 Å². The Bertz CT molecular complexity index is 643. The Morgan fingerprint density at radius 3 is 2.75 bits per heavy atom. The molecule has 4 heteroatoms. The van der Waals surface area contributed by atoms with Gasteiger partial charge in [0.2, 0.25) is 0 Å². The van der Waals surface area contributed by atoms with Gasteiger partial charge in [-0.2, -0.15) is 5.26 Å². The molecule has 0 aliphatic rings. The highest BCUT2D eigenvalue weighted by Gasteiger charge is 2.10. The molecule has 2 rings (SSSR count). The zero-order chi connectivity index (χ0) is 14.5. The molecule has 0 spiro atoms. The maximum Gasteiger partial charge on any atom is 0.0992 e. The van der Waals surface area contributed by atoms with Gasteiger partial charge < -0.3 is 10.6 Å². The Kier molecular flexibility index (Phi) is 4.21. The van der Waals surface area contributed by atoms with Crippen molar-refractivity contribution >= 4 is 11.4 Å². The monoisotopic (exact) mass is 266 g/mol. The van der Waals surface area contributed by atoms with E-state index in [0.29, 0.717) is 17.8 Å². The van der Waals surface area contributed by atoms with E-state index >= 15 is 0 Å². The molecule has 2 N–H and O–H groups in total. The van der Waals surface area contributed by atoms with Crippen molar-refractivity contribution in [1.29, 1.82) is 5.26 Å². The third-order valence-electron chi connectivity index (χ3n) is 3.18. The molecule has 102 valence electrons. The minimum absolute atomic E-state index is 0.616. The minimum Gasteiger partial charge on any atom is -0.397 e. The Balaban J connectivity index is 2.31. The van der Waals surface area contributed by atoms with Gasteiger partial charge in [0.25, 0.3) is 0 Å². The lowest BCUT2D eigenvalue weighted by Crippen LogP contribution is -2.23. The summed E-state index contributed by atoms with van der Waals surface area (Å²) in [5, 5.41) is 9.01. The van der Waals surface area contributed by atoms with Gasteiger partial charge in [0, 0.05) is 12.2 Å². The number of nitriles is 1. The van der Waals surface area contributed by atoms with E-state index < -0.39 is 0 Å². The van der Waals surface area contributed by atoms with Crippen LogP contribution in [0.3, 0.4) is 0 Å². The van der Waals surface area contributed by atoms with Gasteiger partial charge in [-0.3, -0.25) is 4.98 Å². The number of nitrogens with two attached hydrogens (primary N) is 1. The highest BCUT2D eigenvalue weighted by molar-refractivity contribution is 5.69. The first-order chi connectivity index (χ1) is 9.63. The summed E-state index contributed by atoms with van der Waals surface area (Å²) in [5.41, 5.74) is 10.2. The molecule has 0 atom stereocenters. The third-order valence-corrected chi connectivity index (χ3v) is 3.18. The number of nitrogens with zero attached hydrogens (tertiary/aromatic N) is 3. The van der Waals surface area contributed by atoms with Crippen LogP contribution in [-0.4, -0.2) is 11.5 Å². The molecule has 2 aromatic rings. The number of aryl methyl sites for hydroxylation is 1. The molecular formula is C16H18N4. The largest absolute Gasteiger partial charge is 0.397 e. The average Bonchev–Trinajstić information content (AvgIpc) is 2.46. The van der Waals surface area contributed by atoms with Crippen molar-refractivity contribution < 1.29 is 0 Å². The predicted molar refractivity (Wildman–Crippen MR) is 81.3 cm³/mol. The van der Waals surface area contributed by atoms with E-state index in [1.807, 2.05) is 31.2 Å². The van der Waals surface area contributed by atoms with Crippen molar-refractivity contribution in [2.75, 3.05) is 17.2 Å². The van der Waals surface area contributed by atoms with Gasteiger partial charge in [0.1, 0.15) is 0 Å². The fourth-order valence-electron chi connectivity index (χ4n) is 2.14. The van der Waals surface area contributed by atoms with Crippen LogP contribution in [-0.2, 0) is 6.54 Å². The van der Waals surface area contributed by atoms with Gasteiger partial charge in [0.05, 0.1) is 35.2 Å². The molecule has 20 heavy (non-hydrogen) atoms. The fourth-order valence-corrected chi connectivity index (χ4v) is 2.14. The number of benzene rings is 1. The van der Waals surface area contributed by atoms with Crippen LogP contribution in [0.4, 0.5) is 11.4 Å². The maximum absolute atomic E-state index is 9.01. The highest BCUT2D eigenvalue weighted by atomic mass is 15.1. The topological polar surface area (TPSA) is 65.9 Å². The molecule has 4 nitrogen and oxygen atoms in total. The lowest BCUT2D eigenvalue weighted by Gasteiger charge is -2.24. The zero-order valence-corrected chi connectivity index (χ0v) is 11.8. The minimum atomic E-state index is 0.616. The van der Waals surface area contributed by atoms with E-state index in [1.165, 1.54) is 0 Å². The summed E-state index contributed by atoms with van der Waals surface area (Å²) < 4.78 is 0. The van der Waals surface area contributed by atoms with Gasteiger partial charge in [-0.25, -0.2) is 0 Å². The molecule has 0 saturated carbocycles. The van der Waals surface area contributed by atoms with Gasteiger partial charge >= 0.3 is 0 Å². The summed E-state index contributed by atoms with van der Waals surface area (Å²) in [6.07, 6.45) is 0. The van der Waals surface area contributed by atoms with Crippen molar-refractivity contribution in [3.8, 4) is 6.07 Å². The SMILES string of the molecule is CCN(Cc1cccc(C)n1)c1cc(C#N)ccc1N. The summed E-state index contributed by atoms with van der Waals surface area (Å²) in [6, 6.07) is 13.5. The first kappa shape index (κ1) is 13.9. The fraction of sp³-hybridized carbons (Fsp3) is 0.250. The van der Waals surface area contributed by atoms with Crippen molar-refractivity contribution in [2.24, 2.45) is 0 Å². The second-order valence-corrected chi connectivity index (χ2v) is 4.67. The first-order valence-corrected chi connectivity index (χ1v) is 6.61. The summed E-state index contributed by atoms with van der Waals surface area (Å²) in [5.74, 6) is 0. The molecule has 0 aliphatic carbocycles. The summed E-state index contributed by atoms with van der Waals surface area (Å²) in [4.78, 5) is 6.63. The lowest BCUT2D eigenvalue weighted by molar-refractivity contribution is 0.807. The van der Waals surface area contributed by atoms with E-state index in [1.54, 1.807) is 12.1 Å². The van der Waals surface area contributed by atoms with Crippen molar-refractivity contribution in [2.45, 2.75) is 20.4 Å². The van der Waals surface area contributed by atoms with E-state index in [4.69, 9.17) is 11.0 Å². The van der Waals surface area contributed by atoms with E-state index in [0.717, 1.165) is 23.6 Å². The molecular weight excluding hydrogens is 248 g/mol. The van der Waals surface area contributed by atoms with Crippen LogP contribution in [0.1, 0.15) is 23.9 Å². The quantitative estimate of drug-likeness (QED) is 0.864. The molecule has 0 fully saturated rings. The number of nitrogen functional groups attached to an aromatic ring is 1. The molecule has 0 saturated heterocycles. The Hall–Kier alpha value is -2.54. The Labute approximate surface area is 119 Å². The number of pyridine rings is 1. The van der Waals surface area contributed by atoms with E-state index in [2.05, 4.69) is 22.9 Å². The average molecular weight is 266 g/mol. The van der Waals surface area contributed by atoms with Gasteiger partial charge in [-0.15, -0.1) is 0 Å². The van der Waals surface area contributed by atoms with Crippen LogP contribution in [0.25, 0.3) is 0 Å². The highest BCUT2D eigenvalue weighted by Crippen LogP contribution is 2.25. The molecule has 0 unspecified atom stereocenters. The number of rotatable bonds is 4. The molecule has 1 aromatic heterocycles. The van der Waals surface area contributed by atoms with Crippen molar-refractivity contribution in [3.63, 3.8) is 0 Å². The van der Waals surface area contributed by atoms with Crippen LogP contribution in [0, 0.1) is 18.3 Å². The van der Waals surface area contributed by atoms with E-state index in [-0.39, 0.29) is 0 Å². The smallest absolute Gasteiger partial charge is 0.0992 e. The Morgan fingerprint density at radius 1 is 1.30 bits per heavy atom. The van der Waals surface area contributed by atoms with Crippen molar-refractivity contribution in [3.05, 3.63) is 53.3 Å². The van der Waals surface area contributed by atoms with Gasteiger partial charge in [0.15, 0.2) is 0 Å². The van der Waals surface area contributed by atoms with Gasteiger partial charge in [-0.1, -0.05) is 6.07 Å². The number of hydrogen-bond donors (Lipinski definition) is 1. The lowest BCUT2D eigenvalue weighted by atomic mass is 10.1. The standard InChI is InChI=1S/C16H18N4/c1-3-20(11-14-6-4-5-12(2)19-14)16-9-13(10-17)7-8-15(16)18/h4-9H,3,11,18H2,1-2H3. The van der Waals surface area contributed by atoms with Crippen LogP contribution >= 0.6 is 0 Å². The predicted octanol–water partition coefficient (Wildman–Crippen LogP) is 2.87. The molecule has 1 heterocycles. The van der Waals surface area contributed by atoms with Crippen LogP contribution in [0.15, 0.2) is 36.4 Å². The summed E-state index contributed by atoms with van der Waals surface area (Å²) >= 11 is 0. The third kappa shape index (κ3) is 3.07. The van der Waals surface area contributed by atoms with Crippen LogP contribution in [0.5, 0.6) is 0 Å². The second-order valence-electron chi connectivity index (χ2n) is 4.67. The molecule has 0 aliphatic heterocycles. The number of hydrogen-bond acceptors (Lipinski definition) is 4. The molecule has 0 bridgehead atoms. The van der Waals surface area contributed by atoms with Crippen LogP contribution < -0.4 is 10.6 Å². The maximum atomic E-state index is 9.01. The molecule has 0 amide bonds. The number of aromatic nitrogens is 1. The second kappa shape index (κ2) is 6.07. The molecule has 0 radical (unpaired) electrons. The molecule has 1 aromatic carbocycles. The zero-order valence-electron chi connectivity index (χ0n) is 11.8. The normalized spacial score (nSPS) is 10.1.